The van der Waals surface area contributed by atoms with Gasteiger partial charge in [-0.1, -0.05) is 31.9 Å². The first-order chi connectivity index (χ1) is 12.8. The molecule has 6 heteroatoms. The summed E-state index contributed by atoms with van der Waals surface area (Å²) in [5.74, 6) is 1.52. The van der Waals surface area contributed by atoms with Crippen molar-refractivity contribution in [3.05, 3.63) is 104 Å². The molecule has 0 atom stereocenters. The third-order valence-electron chi connectivity index (χ3n) is 3.36. The molecule has 2 aromatic carbocycles. The van der Waals surface area contributed by atoms with Crippen molar-refractivity contribution in [2.24, 2.45) is 0 Å². The maximum absolute atomic E-state index is 12.6. The van der Waals surface area contributed by atoms with Gasteiger partial charge in [-0.3, -0.25) is 0 Å². The van der Waals surface area contributed by atoms with Crippen LogP contribution in [0.15, 0.2) is 98.1 Å². The summed E-state index contributed by atoms with van der Waals surface area (Å²) in [6, 6.07) is 11.8. The number of benzene rings is 2. The molecule has 0 aromatic heterocycles. The Hall–Kier alpha value is -3.41. The summed E-state index contributed by atoms with van der Waals surface area (Å²) in [5.41, 5.74) is 0.469. The highest BCUT2D eigenvalue weighted by atomic mass is 19.4. The van der Waals surface area contributed by atoms with Gasteiger partial charge in [0.25, 0.3) is 0 Å². The molecule has 2 rings (SSSR count). The van der Waals surface area contributed by atoms with Gasteiger partial charge in [-0.2, -0.15) is 13.2 Å². The van der Waals surface area contributed by atoms with E-state index in [1.807, 2.05) is 0 Å². The molecule has 0 bridgehead atoms. The van der Waals surface area contributed by atoms with Gasteiger partial charge in [0, 0.05) is 17.4 Å². The van der Waals surface area contributed by atoms with E-state index >= 15 is 0 Å². The minimum absolute atomic E-state index is 0.400. The van der Waals surface area contributed by atoms with E-state index in [0.717, 1.165) is 12.1 Å². The van der Waals surface area contributed by atoms with E-state index in [1.54, 1.807) is 42.5 Å². The van der Waals surface area contributed by atoms with Crippen molar-refractivity contribution in [2.45, 2.75) is 6.18 Å². The molecule has 0 spiro atoms. The molecule has 0 aliphatic carbocycles. The second-order valence-corrected chi connectivity index (χ2v) is 5.44. The van der Waals surface area contributed by atoms with Crippen LogP contribution in [-0.2, 0) is 6.18 Å². The lowest BCUT2D eigenvalue weighted by molar-refractivity contribution is -0.137. The van der Waals surface area contributed by atoms with Crippen LogP contribution < -0.4 is 15.4 Å². The highest BCUT2D eigenvalue weighted by Gasteiger charge is 2.29. The van der Waals surface area contributed by atoms with E-state index in [0.29, 0.717) is 28.7 Å². The van der Waals surface area contributed by atoms with E-state index in [1.165, 1.54) is 12.1 Å². The number of alkyl halides is 3. The van der Waals surface area contributed by atoms with Crippen molar-refractivity contribution >= 4 is 11.4 Å². The molecule has 0 amide bonds. The van der Waals surface area contributed by atoms with Crippen LogP contribution in [0.25, 0.3) is 0 Å². The summed E-state index contributed by atoms with van der Waals surface area (Å²) >= 11 is 0. The van der Waals surface area contributed by atoms with Crippen molar-refractivity contribution < 1.29 is 17.9 Å². The number of hydrogen-bond acceptors (Lipinski definition) is 3. The van der Waals surface area contributed by atoms with Crippen LogP contribution in [0.5, 0.6) is 5.75 Å². The molecule has 140 valence electrons. The van der Waals surface area contributed by atoms with Crippen molar-refractivity contribution in [3.63, 3.8) is 0 Å². The summed E-state index contributed by atoms with van der Waals surface area (Å²) in [7, 11) is 0. The van der Waals surface area contributed by atoms with Crippen LogP contribution in [0.4, 0.5) is 24.5 Å². The Morgan fingerprint density at radius 2 is 1.63 bits per heavy atom. The van der Waals surface area contributed by atoms with Crippen LogP contribution >= 0.6 is 0 Å². The summed E-state index contributed by atoms with van der Waals surface area (Å²) in [5, 5.41) is 5.93. The third kappa shape index (κ3) is 6.11. The number of ether oxygens (including phenoxy) is 1. The summed E-state index contributed by atoms with van der Waals surface area (Å²) in [4.78, 5) is 0. The molecular weight excluding hydrogens is 353 g/mol. The second kappa shape index (κ2) is 8.80. The molecule has 0 heterocycles. The first kappa shape index (κ1) is 19.9. The Balaban J connectivity index is 2.01. The molecule has 2 aromatic rings. The van der Waals surface area contributed by atoms with E-state index in [-0.39, 0.29) is 0 Å². The number of hydrogen-bond donors (Lipinski definition) is 2. The second-order valence-electron chi connectivity index (χ2n) is 5.44. The highest BCUT2D eigenvalue weighted by molar-refractivity contribution is 5.57. The first-order valence-corrected chi connectivity index (χ1v) is 7.95. The predicted molar refractivity (Wildman–Crippen MR) is 103 cm³/mol. The standard InChI is InChI=1S/C21H19F3N2O/c1-4-7-19(5-2)27-20-9-6-8-18(14-20)26-15(3)25-17-12-10-16(11-13-17)21(22,23)24/h4-14,25-26H,1-3H2/b19-7+. The Bertz CT molecular complexity index is 852. The molecule has 0 aliphatic rings. The van der Waals surface area contributed by atoms with Gasteiger partial charge in [-0.15, -0.1) is 0 Å². The van der Waals surface area contributed by atoms with Crippen molar-refractivity contribution in [3.8, 4) is 5.75 Å². The summed E-state index contributed by atoms with van der Waals surface area (Å²) < 4.78 is 43.4. The van der Waals surface area contributed by atoms with E-state index in [2.05, 4.69) is 30.4 Å². The maximum Gasteiger partial charge on any atom is 0.416 e. The fraction of sp³-hybridized carbons (Fsp3) is 0.0476. The van der Waals surface area contributed by atoms with Crippen LogP contribution in [0, 0.1) is 0 Å². The molecule has 0 radical (unpaired) electrons. The van der Waals surface area contributed by atoms with E-state index in [4.69, 9.17) is 4.74 Å². The smallest absolute Gasteiger partial charge is 0.416 e. The molecule has 0 saturated carbocycles. The number of rotatable bonds is 8. The monoisotopic (exact) mass is 372 g/mol. The fourth-order valence-electron chi connectivity index (χ4n) is 2.16. The van der Waals surface area contributed by atoms with Crippen LogP contribution in [0.1, 0.15) is 5.56 Å². The topological polar surface area (TPSA) is 33.3 Å². The van der Waals surface area contributed by atoms with Crippen LogP contribution in [0.3, 0.4) is 0 Å². The molecule has 27 heavy (non-hydrogen) atoms. The average molecular weight is 372 g/mol. The van der Waals surface area contributed by atoms with Gasteiger partial charge in [0.05, 0.1) is 5.56 Å². The number of nitrogens with one attached hydrogen (secondary N) is 2. The average Bonchev–Trinajstić information content (AvgIpc) is 2.61. The Morgan fingerprint density at radius 1 is 0.963 bits per heavy atom. The largest absolute Gasteiger partial charge is 0.457 e. The van der Waals surface area contributed by atoms with Crippen LogP contribution in [0.2, 0.25) is 0 Å². The lowest BCUT2D eigenvalue weighted by Crippen LogP contribution is -2.09. The SMILES string of the molecule is C=C/C=C(\C=C)Oc1cccc(NC(=C)Nc2ccc(C(F)(F)F)cc2)c1. The van der Waals surface area contributed by atoms with Gasteiger partial charge < -0.3 is 15.4 Å². The summed E-state index contributed by atoms with van der Waals surface area (Å²) in [6.45, 7) is 11.1. The molecule has 3 nitrogen and oxygen atoms in total. The number of allylic oxidation sites excluding steroid dienone is 3. The molecule has 0 unspecified atom stereocenters. The zero-order chi connectivity index (χ0) is 19.9. The molecule has 0 aliphatic heterocycles. The Morgan fingerprint density at radius 3 is 2.22 bits per heavy atom. The Kier molecular flexibility index (Phi) is 6.49. The van der Waals surface area contributed by atoms with Gasteiger partial charge in [0.15, 0.2) is 0 Å². The van der Waals surface area contributed by atoms with Gasteiger partial charge in [0.2, 0.25) is 0 Å². The minimum atomic E-state index is -4.36. The van der Waals surface area contributed by atoms with Gasteiger partial charge in [-0.25, -0.2) is 0 Å². The lowest BCUT2D eigenvalue weighted by atomic mass is 10.2. The third-order valence-corrected chi connectivity index (χ3v) is 3.36. The fourth-order valence-corrected chi connectivity index (χ4v) is 2.16. The molecular formula is C21H19F3N2O. The zero-order valence-electron chi connectivity index (χ0n) is 14.5. The van der Waals surface area contributed by atoms with Gasteiger partial charge in [-0.05, 0) is 48.6 Å². The van der Waals surface area contributed by atoms with Crippen molar-refractivity contribution in [2.75, 3.05) is 10.6 Å². The Labute approximate surface area is 156 Å². The van der Waals surface area contributed by atoms with Crippen molar-refractivity contribution in [1.82, 2.24) is 0 Å². The van der Waals surface area contributed by atoms with Gasteiger partial charge >= 0.3 is 6.18 Å². The first-order valence-electron chi connectivity index (χ1n) is 7.95. The normalized spacial score (nSPS) is 11.4. The molecule has 0 fully saturated rings. The number of anilines is 2. The van der Waals surface area contributed by atoms with Crippen LogP contribution in [-0.4, -0.2) is 0 Å². The molecule has 0 saturated heterocycles. The van der Waals surface area contributed by atoms with Crippen molar-refractivity contribution in [1.29, 1.82) is 0 Å². The van der Waals surface area contributed by atoms with E-state index in [9.17, 15) is 13.2 Å². The predicted octanol–water partition coefficient (Wildman–Crippen LogP) is 6.34. The zero-order valence-corrected chi connectivity index (χ0v) is 14.5. The quantitative estimate of drug-likeness (QED) is 0.419. The molecule has 2 N–H and O–H groups in total. The summed E-state index contributed by atoms with van der Waals surface area (Å²) in [6.07, 6.45) is 0.471. The lowest BCUT2D eigenvalue weighted by Gasteiger charge is -2.14. The van der Waals surface area contributed by atoms with Gasteiger partial charge in [0.1, 0.15) is 17.3 Å². The van der Waals surface area contributed by atoms with E-state index < -0.39 is 11.7 Å². The minimum Gasteiger partial charge on any atom is -0.457 e. The number of halogens is 3. The maximum atomic E-state index is 12.6. The highest BCUT2D eigenvalue weighted by Crippen LogP contribution is 2.30.